The Kier molecular flexibility index (Phi) is 5.42. The van der Waals surface area contributed by atoms with Gasteiger partial charge in [0.2, 0.25) is 0 Å². The van der Waals surface area contributed by atoms with Gasteiger partial charge in [0.05, 0.1) is 17.4 Å². The van der Waals surface area contributed by atoms with Gasteiger partial charge in [0.25, 0.3) is 0 Å². The minimum atomic E-state index is -0.0500. The van der Waals surface area contributed by atoms with Gasteiger partial charge >= 0.3 is 0 Å². The largest absolute Gasteiger partial charge is 0.271 e. The van der Waals surface area contributed by atoms with Gasteiger partial charge in [0.1, 0.15) is 0 Å². The molecular weight excluding hydrogens is 260 g/mol. The fourth-order valence-corrected chi connectivity index (χ4v) is 2.64. The Morgan fingerprint density at radius 2 is 2.00 bits per heavy atom. The van der Waals surface area contributed by atoms with Gasteiger partial charge in [0, 0.05) is 5.56 Å². The third-order valence-corrected chi connectivity index (χ3v) is 3.66. The number of nitrogens with one attached hydrogen (secondary N) is 1. The molecule has 3 N–H and O–H groups in total. The summed E-state index contributed by atoms with van der Waals surface area (Å²) >= 11 is 0. The van der Waals surface area contributed by atoms with Crippen LogP contribution in [0, 0.1) is 6.92 Å². The molecule has 0 fully saturated rings. The summed E-state index contributed by atoms with van der Waals surface area (Å²) in [5.74, 6) is 5.84. The molecule has 0 aliphatic carbocycles. The third kappa shape index (κ3) is 3.65. The van der Waals surface area contributed by atoms with Gasteiger partial charge in [-0.05, 0) is 37.0 Å². The van der Waals surface area contributed by atoms with Crippen molar-refractivity contribution in [3.05, 3.63) is 58.4 Å². The third-order valence-electron chi connectivity index (χ3n) is 3.66. The second-order valence-electron chi connectivity index (χ2n) is 5.34. The highest BCUT2D eigenvalue weighted by molar-refractivity contribution is 5.36. The second-order valence-corrected chi connectivity index (χ2v) is 5.34. The number of nitrogens with two attached hydrogens (primary N) is 1. The Balaban J connectivity index is 2.44. The van der Waals surface area contributed by atoms with E-state index in [1.807, 2.05) is 6.92 Å². The van der Waals surface area contributed by atoms with Crippen molar-refractivity contribution in [3.63, 3.8) is 0 Å². The number of nitrogens with zero attached hydrogens (tertiary/aromatic N) is 2. The van der Waals surface area contributed by atoms with Gasteiger partial charge < -0.3 is 0 Å². The molecule has 1 aromatic carbocycles. The van der Waals surface area contributed by atoms with Crippen LogP contribution >= 0.6 is 0 Å². The summed E-state index contributed by atoms with van der Waals surface area (Å²) in [6.45, 7) is 6.23. The maximum absolute atomic E-state index is 5.84. The summed E-state index contributed by atoms with van der Waals surface area (Å²) in [6, 6.07) is 10.6. The lowest BCUT2D eigenvalue weighted by atomic mass is 9.95. The number of hydrogen-bond donors (Lipinski definition) is 2. The smallest absolute Gasteiger partial charge is 0.0729 e. The molecule has 112 valence electrons. The number of benzene rings is 1. The van der Waals surface area contributed by atoms with Crippen LogP contribution in [0.3, 0.4) is 0 Å². The van der Waals surface area contributed by atoms with E-state index in [4.69, 9.17) is 5.84 Å². The van der Waals surface area contributed by atoms with Gasteiger partial charge in [-0.3, -0.25) is 5.84 Å². The quantitative estimate of drug-likeness (QED) is 0.632. The Hall–Kier alpha value is -1.78. The van der Waals surface area contributed by atoms with Gasteiger partial charge in [0.15, 0.2) is 0 Å². The number of aromatic nitrogens is 2. The van der Waals surface area contributed by atoms with Crippen LogP contribution in [0.1, 0.15) is 54.4 Å². The second kappa shape index (κ2) is 7.29. The lowest BCUT2D eigenvalue weighted by Crippen LogP contribution is -2.30. The molecule has 1 atom stereocenters. The van der Waals surface area contributed by atoms with Crippen molar-refractivity contribution in [2.24, 2.45) is 5.84 Å². The van der Waals surface area contributed by atoms with Gasteiger partial charge in [-0.25, -0.2) is 5.43 Å². The molecule has 2 rings (SSSR count). The molecule has 0 aliphatic heterocycles. The van der Waals surface area contributed by atoms with Crippen LogP contribution in [0.2, 0.25) is 0 Å². The van der Waals surface area contributed by atoms with Crippen molar-refractivity contribution in [1.82, 2.24) is 15.6 Å². The minimum Gasteiger partial charge on any atom is -0.271 e. The molecule has 1 heterocycles. The van der Waals surface area contributed by atoms with Crippen LogP contribution in [0.25, 0.3) is 0 Å². The zero-order chi connectivity index (χ0) is 15.2. The fraction of sp³-hybridized carbons (Fsp3) is 0.412. The normalized spacial score (nSPS) is 12.4. The molecule has 0 spiro atoms. The van der Waals surface area contributed by atoms with Crippen molar-refractivity contribution in [3.8, 4) is 0 Å². The first-order chi connectivity index (χ1) is 10.2. The molecule has 0 saturated carbocycles. The first-order valence-corrected chi connectivity index (χ1v) is 7.57. The zero-order valence-electron chi connectivity index (χ0n) is 13.1. The molecule has 1 aromatic heterocycles. The van der Waals surface area contributed by atoms with Gasteiger partial charge in [-0.15, -0.1) is 0 Å². The monoisotopic (exact) mass is 284 g/mol. The Bertz CT molecular complexity index is 595. The number of aryl methyl sites for hydroxylation is 3. The molecule has 0 saturated heterocycles. The summed E-state index contributed by atoms with van der Waals surface area (Å²) in [5, 5.41) is 8.45. The van der Waals surface area contributed by atoms with E-state index >= 15 is 0 Å². The van der Waals surface area contributed by atoms with Crippen molar-refractivity contribution in [2.75, 3.05) is 0 Å². The highest BCUT2D eigenvalue weighted by Crippen LogP contribution is 2.25. The van der Waals surface area contributed by atoms with E-state index in [1.165, 1.54) is 11.1 Å². The minimum absolute atomic E-state index is 0.0500. The predicted molar refractivity (Wildman–Crippen MR) is 85.8 cm³/mol. The SMILES string of the molecule is CCCc1cccc(C(NN)c2cc(C)nnc2CC)c1. The Labute approximate surface area is 126 Å². The Morgan fingerprint density at radius 3 is 2.67 bits per heavy atom. The molecule has 1 unspecified atom stereocenters. The number of hydrazine groups is 1. The van der Waals surface area contributed by atoms with Gasteiger partial charge in [-0.1, -0.05) is 44.5 Å². The molecular formula is C17H24N4. The lowest BCUT2D eigenvalue weighted by Gasteiger charge is -2.20. The maximum atomic E-state index is 5.84. The molecule has 0 radical (unpaired) electrons. The van der Waals surface area contributed by atoms with Crippen LogP contribution < -0.4 is 11.3 Å². The highest BCUT2D eigenvalue weighted by atomic mass is 15.2. The van der Waals surface area contributed by atoms with Crippen LogP contribution in [0.5, 0.6) is 0 Å². The zero-order valence-corrected chi connectivity index (χ0v) is 13.1. The first-order valence-electron chi connectivity index (χ1n) is 7.57. The van der Waals surface area contributed by atoms with Crippen molar-refractivity contribution in [2.45, 2.75) is 46.1 Å². The topological polar surface area (TPSA) is 63.8 Å². The standard InChI is InChI=1S/C17H24N4/c1-4-7-13-8-6-9-14(11-13)17(19-18)15-10-12(3)20-21-16(15)5-2/h6,8-11,17,19H,4-5,7,18H2,1-3H3. The molecule has 21 heavy (non-hydrogen) atoms. The number of hydrogen-bond acceptors (Lipinski definition) is 4. The van der Waals surface area contributed by atoms with Gasteiger partial charge in [-0.2, -0.15) is 10.2 Å². The van der Waals surface area contributed by atoms with Crippen LogP contribution in [0.4, 0.5) is 0 Å². The first kappa shape index (κ1) is 15.6. The predicted octanol–water partition coefficient (Wildman–Crippen LogP) is 2.85. The van der Waals surface area contributed by atoms with Crippen molar-refractivity contribution < 1.29 is 0 Å². The van der Waals surface area contributed by atoms with Crippen molar-refractivity contribution in [1.29, 1.82) is 0 Å². The number of rotatable bonds is 6. The van der Waals surface area contributed by atoms with E-state index in [0.717, 1.165) is 36.2 Å². The summed E-state index contributed by atoms with van der Waals surface area (Å²) in [5.41, 5.74) is 8.46. The van der Waals surface area contributed by atoms with Crippen LogP contribution in [-0.4, -0.2) is 10.2 Å². The molecule has 4 heteroatoms. The van der Waals surface area contributed by atoms with E-state index < -0.39 is 0 Å². The molecule has 2 aromatic rings. The summed E-state index contributed by atoms with van der Waals surface area (Å²) in [7, 11) is 0. The highest BCUT2D eigenvalue weighted by Gasteiger charge is 2.17. The summed E-state index contributed by atoms with van der Waals surface area (Å²) < 4.78 is 0. The Morgan fingerprint density at radius 1 is 1.19 bits per heavy atom. The van der Waals surface area contributed by atoms with E-state index in [9.17, 15) is 0 Å². The molecule has 0 bridgehead atoms. The van der Waals surface area contributed by atoms with Crippen LogP contribution in [-0.2, 0) is 12.8 Å². The van der Waals surface area contributed by atoms with E-state index in [-0.39, 0.29) is 6.04 Å². The lowest BCUT2D eigenvalue weighted by molar-refractivity contribution is 0.621. The molecule has 0 aliphatic rings. The maximum Gasteiger partial charge on any atom is 0.0729 e. The molecule has 4 nitrogen and oxygen atoms in total. The summed E-state index contributed by atoms with van der Waals surface area (Å²) in [4.78, 5) is 0. The van der Waals surface area contributed by atoms with E-state index in [2.05, 4.69) is 59.8 Å². The van der Waals surface area contributed by atoms with Crippen molar-refractivity contribution >= 4 is 0 Å². The van der Waals surface area contributed by atoms with E-state index in [1.54, 1.807) is 0 Å². The average Bonchev–Trinajstić information content (AvgIpc) is 2.49. The molecule has 0 amide bonds. The van der Waals surface area contributed by atoms with E-state index in [0.29, 0.717) is 0 Å². The average molecular weight is 284 g/mol. The van der Waals surface area contributed by atoms with Crippen LogP contribution in [0.15, 0.2) is 30.3 Å². The fourth-order valence-electron chi connectivity index (χ4n) is 2.64. The summed E-state index contributed by atoms with van der Waals surface area (Å²) in [6.07, 6.45) is 3.06.